The van der Waals surface area contributed by atoms with Crippen molar-refractivity contribution in [3.8, 4) is 5.75 Å². The van der Waals surface area contributed by atoms with E-state index in [9.17, 15) is 10.1 Å². The first-order valence-electron chi connectivity index (χ1n) is 6.36. The minimum Gasteiger partial charge on any atom is -0.497 e. The molecule has 0 atom stereocenters. The molecule has 1 aromatic rings. The van der Waals surface area contributed by atoms with E-state index in [1.807, 2.05) is 27.7 Å². The highest BCUT2D eigenvalue weighted by Gasteiger charge is 2.54. The van der Waals surface area contributed by atoms with Gasteiger partial charge in [-0.1, -0.05) is 6.07 Å². The fourth-order valence-electron chi connectivity index (χ4n) is 2.07. The zero-order valence-corrected chi connectivity index (χ0v) is 12.3. The topological polar surface area (TPSA) is 70.8 Å². The third-order valence-electron chi connectivity index (χ3n) is 3.95. The van der Waals surface area contributed by atoms with Crippen LogP contribution < -0.4 is 10.2 Å². The highest BCUT2D eigenvalue weighted by Crippen LogP contribution is 2.38. The molecule has 0 bridgehead atoms. The van der Waals surface area contributed by atoms with Crippen molar-refractivity contribution in [2.45, 2.75) is 38.9 Å². The Labute approximate surface area is 118 Å². The number of nitro groups is 1. The van der Waals surface area contributed by atoms with Crippen molar-refractivity contribution < 1.29 is 19.0 Å². The minimum absolute atomic E-state index is 0.0668. The van der Waals surface area contributed by atoms with E-state index in [1.54, 1.807) is 12.1 Å². The van der Waals surface area contributed by atoms with Crippen molar-refractivity contribution in [1.29, 1.82) is 0 Å². The summed E-state index contributed by atoms with van der Waals surface area (Å²) in [5.74, 6) is 0.387. The van der Waals surface area contributed by atoms with Crippen LogP contribution in [0, 0.1) is 10.1 Å². The Bertz CT molecular complexity index is 528. The van der Waals surface area contributed by atoms with Gasteiger partial charge in [-0.3, -0.25) is 10.1 Å². The summed E-state index contributed by atoms with van der Waals surface area (Å²) in [5, 5.41) is 11.2. The summed E-state index contributed by atoms with van der Waals surface area (Å²) in [7, 11) is 0.643. The van der Waals surface area contributed by atoms with Crippen molar-refractivity contribution in [2.75, 3.05) is 7.11 Å². The molecule has 0 saturated carbocycles. The van der Waals surface area contributed by atoms with Gasteiger partial charge in [-0.25, -0.2) is 0 Å². The average molecular weight is 279 g/mol. The van der Waals surface area contributed by atoms with Gasteiger partial charge in [-0.2, -0.15) is 0 Å². The summed E-state index contributed by atoms with van der Waals surface area (Å²) in [6, 6.07) is 4.65. The largest absolute Gasteiger partial charge is 0.505 e. The molecule has 0 spiro atoms. The fraction of sp³-hybridized carbons (Fsp3) is 0.538. The van der Waals surface area contributed by atoms with Gasteiger partial charge >= 0.3 is 7.12 Å². The Morgan fingerprint density at radius 1 is 1.20 bits per heavy atom. The van der Waals surface area contributed by atoms with Crippen LogP contribution in [0.5, 0.6) is 5.75 Å². The van der Waals surface area contributed by atoms with E-state index in [4.69, 9.17) is 14.0 Å². The molecule has 0 aliphatic carbocycles. The van der Waals surface area contributed by atoms with Crippen LogP contribution in [-0.2, 0) is 9.31 Å². The van der Waals surface area contributed by atoms with Crippen LogP contribution in [0.4, 0.5) is 5.69 Å². The molecule has 1 saturated heterocycles. The minimum atomic E-state index is -0.823. The lowest BCUT2D eigenvalue weighted by Gasteiger charge is -2.32. The normalized spacial score (nSPS) is 19.9. The maximum absolute atomic E-state index is 11.2. The SMILES string of the molecule is COc1cccc([N+](=O)[O-])c1B1OC(C)(C)C(C)(C)O1. The van der Waals surface area contributed by atoms with E-state index >= 15 is 0 Å². The summed E-state index contributed by atoms with van der Waals surface area (Å²) in [6.45, 7) is 7.59. The lowest BCUT2D eigenvalue weighted by molar-refractivity contribution is -0.383. The van der Waals surface area contributed by atoms with Gasteiger partial charge in [0, 0.05) is 6.07 Å². The highest BCUT2D eigenvalue weighted by atomic mass is 16.7. The molecular weight excluding hydrogens is 261 g/mol. The Kier molecular flexibility index (Phi) is 3.52. The maximum Gasteiger partial charge on any atom is 0.505 e. The molecule has 0 amide bonds. The van der Waals surface area contributed by atoms with Crippen LogP contribution in [0.15, 0.2) is 18.2 Å². The molecule has 1 fully saturated rings. The fourth-order valence-corrected chi connectivity index (χ4v) is 2.07. The van der Waals surface area contributed by atoms with Gasteiger partial charge in [-0.15, -0.1) is 0 Å². The summed E-state index contributed by atoms with van der Waals surface area (Å²) >= 11 is 0. The van der Waals surface area contributed by atoms with Crippen molar-refractivity contribution in [3.63, 3.8) is 0 Å². The zero-order valence-electron chi connectivity index (χ0n) is 12.3. The third-order valence-corrected chi connectivity index (χ3v) is 3.95. The Morgan fingerprint density at radius 3 is 2.20 bits per heavy atom. The molecule has 108 valence electrons. The Morgan fingerprint density at radius 2 is 1.75 bits per heavy atom. The molecular formula is C13H18BNO5. The van der Waals surface area contributed by atoms with E-state index in [1.165, 1.54) is 13.2 Å². The van der Waals surface area contributed by atoms with Crippen molar-refractivity contribution >= 4 is 18.3 Å². The molecule has 0 unspecified atom stereocenters. The number of hydrogen-bond donors (Lipinski definition) is 0. The second kappa shape index (κ2) is 4.75. The lowest BCUT2D eigenvalue weighted by Crippen LogP contribution is -2.41. The number of ether oxygens (including phenoxy) is 1. The van der Waals surface area contributed by atoms with Crippen molar-refractivity contribution in [1.82, 2.24) is 0 Å². The predicted molar refractivity (Wildman–Crippen MR) is 75.4 cm³/mol. The first-order valence-corrected chi connectivity index (χ1v) is 6.36. The van der Waals surface area contributed by atoms with Gasteiger partial charge < -0.3 is 14.0 Å². The third kappa shape index (κ3) is 2.27. The first kappa shape index (κ1) is 14.8. The number of benzene rings is 1. The zero-order chi connectivity index (χ0) is 15.1. The van der Waals surface area contributed by atoms with Gasteiger partial charge in [0.2, 0.25) is 0 Å². The highest BCUT2D eigenvalue weighted by molar-refractivity contribution is 6.64. The average Bonchev–Trinajstić information content (AvgIpc) is 2.57. The Hall–Kier alpha value is -1.60. The van der Waals surface area contributed by atoms with E-state index in [0.717, 1.165) is 0 Å². The quantitative estimate of drug-likeness (QED) is 0.480. The van der Waals surface area contributed by atoms with Crippen molar-refractivity contribution in [3.05, 3.63) is 28.3 Å². The molecule has 1 heterocycles. The van der Waals surface area contributed by atoms with Crippen molar-refractivity contribution in [2.24, 2.45) is 0 Å². The van der Waals surface area contributed by atoms with Crippen LogP contribution in [0.2, 0.25) is 0 Å². The number of nitro benzene ring substituents is 1. The molecule has 1 aliphatic heterocycles. The van der Waals surface area contributed by atoms with Gasteiger partial charge in [0.15, 0.2) is 0 Å². The van der Waals surface area contributed by atoms with Crippen LogP contribution >= 0.6 is 0 Å². The van der Waals surface area contributed by atoms with E-state index in [0.29, 0.717) is 11.2 Å². The van der Waals surface area contributed by atoms with E-state index in [2.05, 4.69) is 0 Å². The molecule has 2 rings (SSSR count). The second-order valence-corrected chi connectivity index (χ2v) is 5.74. The summed E-state index contributed by atoms with van der Waals surface area (Å²) in [5.41, 5.74) is -0.875. The van der Waals surface area contributed by atoms with Gasteiger partial charge in [0.05, 0.1) is 23.2 Å². The second-order valence-electron chi connectivity index (χ2n) is 5.74. The molecule has 0 N–H and O–H groups in total. The number of rotatable bonds is 3. The number of methoxy groups -OCH3 is 1. The molecule has 20 heavy (non-hydrogen) atoms. The summed E-state index contributed by atoms with van der Waals surface area (Å²) in [4.78, 5) is 10.8. The maximum atomic E-state index is 11.2. The monoisotopic (exact) mass is 279 g/mol. The van der Waals surface area contributed by atoms with Gasteiger partial charge in [-0.05, 0) is 33.8 Å². The predicted octanol–water partition coefficient (Wildman–Crippen LogP) is 1.90. The van der Waals surface area contributed by atoms with Crippen LogP contribution in [0.1, 0.15) is 27.7 Å². The van der Waals surface area contributed by atoms with Crippen LogP contribution in [0.25, 0.3) is 0 Å². The molecule has 1 aromatic carbocycles. The molecule has 0 radical (unpaired) electrons. The molecule has 6 nitrogen and oxygen atoms in total. The van der Waals surface area contributed by atoms with Gasteiger partial charge in [0.25, 0.3) is 5.69 Å². The molecule has 7 heteroatoms. The number of nitrogens with zero attached hydrogens (tertiary/aromatic N) is 1. The summed E-state index contributed by atoms with van der Waals surface area (Å²) in [6.07, 6.45) is 0. The smallest absolute Gasteiger partial charge is 0.497 e. The Balaban J connectivity index is 2.51. The molecule has 1 aliphatic rings. The number of hydrogen-bond acceptors (Lipinski definition) is 5. The summed E-state index contributed by atoms with van der Waals surface area (Å²) < 4.78 is 17.0. The van der Waals surface area contributed by atoms with Gasteiger partial charge in [0.1, 0.15) is 11.2 Å². The van der Waals surface area contributed by atoms with E-state index < -0.39 is 23.2 Å². The lowest BCUT2D eigenvalue weighted by atomic mass is 9.77. The first-order chi connectivity index (χ1) is 9.19. The molecule has 0 aromatic heterocycles. The van der Waals surface area contributed by atoms with Crippen LogP contribution in [-0.4, -0.2) is 30.4 Å². The standard InChI is InChI=1S/C13H18BNO5/c1-12(2)13(3,4)20-14(19-12)11-9(15(16)17)7-6-8-10(11)18-5/h6-8H,1-5H3. The van der Waals surface area contributed by atoms with Crippen LogP contribution in [0.3, 0.4) is 0 Å². The van der Waals surface area contributed by atoms with E-state index in [-0.39, 0.29) is 5.69 Å².